The molecule has 2 bridgehead atoms. The molecule has 0 spiro atoms. The summed E-state index contributed by atoms with van der Waals surface area (Å²) in [6.07, 6.45) is 3.53. The average molecular weight is 401 g/mol. The lowest BCUT2D eigenvalue weighted by molar-refractivity contribution is -0.133. The number of hydrogen-bond acceptors (Lipinski definition) is 5. The smallest absolute Gasteiger partial charge is 0.224 e. The average Bonchev–Trinajstić information content (AvgIpc) is 2.91. The van der Waals surface area contributed by atoms with Crippen LogP contribution in [0.5, 0.6) is 11.5 Å². The number of hydrogen-bond donors (Lipinski definition) is 1. The molecule has 1 N–H and O–H groups in total. The molecule has 8 heteroatoms. The molecule has 3 heterocycles. The first-order valence-electron chi connectivity index (χ1n) is 9.02. The zero-order valence-electron chi connectivity index (χ0n) is 14.6. The van der Waals surface area contributed by atoms with Gasteiger partial charge >= 0.3 is 0 Å². The van der Waals surface area contributed by atoms with Crippen LogP contribution >= 0.6 is 12.4 Å². The number of rotatable bonds is 4. The molecule has 2 fully saturated rings. The van der Waals surface area contributed by atoms with Gasteiger partial charge in [-0.05, 0) is 37.9 Å². The maximum Gasteiger partial charge on any atom is 0.224 e. The van der Waals surface area contributed by atoms with Crippen LogP contribution in [0.3, 0.4) is 0 Å². The van der Waals surface area contributed by atoms with E-state index in [9.17, 15) is 9.00 Å². The van der Waals surface area contributed by atoms with E-state index in [2.05, 4.69) is 10.2 Å². The van der Waals surface area contributed by atoms with Crippen LogP contribution in [0.2, 0.25) is 0 Å². The van der Waals surface area contributed by atoms with Gasteiger partial charge in [-0.2, -0.15) is 0 Å². The van der Waals surface area contributed by atoms with E-state index in [4.69, 9.17) is 9.47 Å². The molecule has 3 aliphatic rings. The van der Waals surface area contributed by atoms with Crippen molar-refractivity contribution in [1.29, 1.82) is 0 Å². The van der Waals surface area contributed by atoms with Crippen molar-refractivity contribution in [2.45, 2.75) is 42.7 Å². The van der Waals surface area contributed by atoms with Crippen molar-refractivity contribution >= 4 is 29.1 Å². The van der Waals surface area contributed by atoms with Gasteiger partial charge < -0.3 is 19.7 Å². The molecular weight excluding hydrogens is 376 g/mol. The number of carbonyl (C=O) groups excluding carboxylic acids is 1. The fourth-order valence-corrected chi connectivity index (χ4v) is 5.04. The quantitative estimate of drug-likeness (QED) is 0.833. The lowest BCUT2D eigenvalue weighted by Gasteiger charge is -2.28. The van der Waals surface area contributed by atoms with Gasteiger partial charge in [0.15, 0.2) is 11.5 Å². The normalized spacial score (nSPS) is 25.2. The Bertz CT molecular complexity index is 673. The van der Waals surface area contributed by atoms with Crippen molar-refractivity contribution in [2.24, 2.45) is 0 Å². The van der Waals surface area contributed by atoms with E-state index in [0.717, 1.165) is 32.4 Å². The Labute approximate surface area is 162 Å². The Hall–Kier alpha value is -1.31. The van der Waals surface area contributed by atoms with Gasteiger partial charge in [0, 0.05) is 41.8 Å². The lowest BCUT2D eigenvalue weighted by Crippen LogP contribution is -2.42. The van der Waals surface area contributed by atoms with E-state index in [1.54, 1.807) is 18.2 Å². The van der Waals surface area contributed by atoms with Crippen molar-refractivity contribution in [3.05, 3.63) is 18.2 Å². The summed E-state index contributed by atoms with van der Waals surface area (Å²) in [7, 11) is -1.21. The number of nitrogens with one attached hydrogen (secondary N) is 1. The van der Waals surface area contributed by atoms with Crippen LogP contribution in [-0.4, -0.2) is 59.2 Å². The third kappa shape index (κ3) is 4.00. The Morgan fingerprint density at radius 2 is 1.92 bits per heavy atom. The predicted octanol–water partition coefficient (Wildman–Crippen LogP) is 1.73. The summed E-state index contributed by atoms with van der Waals surface area (Å²) in [5, 5.41) is 3.40. The maximum atomic E-state index is 12.7. The molecule has 4 rings (SSSR count). The van der Waals surface area contributed by atoms with Crippen LogP contribution in [0.25, 0.3) is 0 Å². The first kappa shape index (κ1) is 19.5. The van der Waals surface area contributed by atoms with Gasteiger partial charge in [0.25, 0.3) is 0 Å². The van der Waals surface area contributed by atoms with Crippen molar-refractivity contribution in [3.8, 4) is 11.5 Å². The van der Waals surface area contributed by atoms with E-state index in [0.29, 0.717) is 53.9 Å². The number of fused-ring (bicyclic) bond motifs is 3. The van der Waals surface area contributed by atoms with Gasteiger partial charge in [0.05, 0.1) is 10.8 Å². The Balaban J connectivity index is 0.00000196. The highest BCUT2D eigenvalue weighted by atomic mass is 35.5. The SMILES string of the molecule is Cl.O=C(CCS(=O)c1ccc2c(c1)OCCO2)N1C2CCNCC1CC2. The van der Waals surface area contributed by atoms with Gasteiger partial charge in [-0.25, -0.2) is 0 Å². The summed E-state index contributed by atoms with van der Waals surface area (Å²) in [6, 6.07) is 6.03. The topological polar surface area (TPSA) is 67.9 Å². The number of carbonyl (C=O) groups is 1. The third-order valence-electron chi connectivity index (χ3n) is 5.22. The minimum Gasteiger partial charge on any atom is -0.486 e. The zero-order chi connectivity index (χ0) is 17.2. The molecule has 2 saturated heterocycles. The first-order chi connectivity index (χ1) is 12.2. The second-order valence-corrected chi connectivity index (χ2v) is 8.35. The van der Waals surface area contributed by atoms with Crippen LogP contribution in [0.4, 0.5) is 0 Å². The number of halogens is 1. The Morgan fingerprint density at radius 1 is 1.15 bits per heavy atom. The summed E-state index contributed by atoms with van der Waals surface area (Å²) in [4.78, 5) is 15.4. The maximum absolute atomic E-state index is 12.7. The van der Waals surface area contributed by atoms with Gasteiger partial charge in [-0.3, -0.25) is 9.00 Å². The summed E-state index contributed by atoms with van der Waals surface area (Å²) < 4.78 is 23.6. The molecule has 1 aromatic rings. The summed E-state index contributed by atoms with van der Waals surface area (Å²) >= 11 is 0. The predicted molar refractivity (Wildman–Crippen MR) is 102 cm³/mol. The number of benzene rings is 1. The Kier molecular flexibility index (Phi) is 6.42. The standard InChI is InChI=1S/C18H24N2O4S.ClH/c21-18(20-13-1-2-14(20)12-19-7-5-13)6-10-25(22)15-3-4-16-17(11-15)24-9-8-23-16;/h3-4,11,13-14,19H,1-2,5-10,12H2;1H. The monoisotopic (exact) mass is 400 g/mol. The molecule has 3 unspecified atom stereocenters. The van der Waals surface area contributed by atoms with E-state index in [1.165, 1.54) is 0 Å². The van der Waals surface area contributed by atoms with E-state index in [-0.39, 0.29) is 18.3 Å². The molecule has 0 radical (unpaired) electrons. The molecule has 3 atom stereocenters. The minimum atomic E-state index is -1.21. The van der Waals surface area contributed by atoms with Crippen molar-refractivity contribution in [1.82, 2.24) is 10.2 Å². The van der Waals surface area contributed by atoms with Crippen LogP contribution in [-0.2, 0) is 15.6 Å². The van der Waals surface area contributed by atoms with Gasteiger partial charge in [-0.15, -0.1) is 12.4 Å². The largest absolute Gasteiger partial charge is 0.486 e. The lowest BCUT2D eigenvalue weighted by atomic mass is 10.1. The summed E-state index contributed by atoms with van der Waals surface area (Å²) in [5.74, 6) is 1.82. The molecule has 0 aromatic heterocycles. The van der Waals surface area contributed by atoms with Crippen LogP contribution in [0.1, 0.15) is 25.7 Å². The molecular formula is C18H25ClN2O4S. The molecule has 1 amide bonds. The van der Waals surface area contributed by atoms with Crippen molar-refractivity contribution < 1.29 is 18.5 Å². The molecule has 1 aromatic carbocycles. The molecule has 26 heavy (non-hydrogen) atoms. The highest BCUT2D eigenvalue weighted by molar-refractivity contribution is 7.85. The highest BCUT2D eigenvalue weighted by Gasteiger charge is 2.37. The van der Waals surface area contributed by atoms with Crippen LogP contribution in [0, 0.1) is 0 Å². The molecule has 144 valence electrons. The molecule has 0 aliphatic carbocycles. The van der Waals surface area contributed by atoms with E-state index >= 15 is 0 Å². The summed E-state index contributed by atoms with van der Waals surface area (Å²) in [6.45, 7) is 2.91. The zero-order valence-corrected chi connectivity index (χ0v) is 16.3. The minimum absolute atomic E-state index is 0. The number of ether oxygens (including phenoxy) is 2. The molecule has 6 nitrogen and oxygen atoms in total. The van der Waals surface area contributed by atoms with Crippen LogP contribution < -0.4 is 14.8 Å². The fraction of sp³-hybridized carbons (Fsp3) is 0.611. The second-order valence-electron chi connectivity index (χ2n) is 6.78. The van der Waals surface area contributed by atoms with Crippen molar-refractivity contribution in [3.63, 3.8) is 0 Å². The van der Waals surface area contributed by atoms with Crippen LogP contribution in [0.15, 0.2) is 23.1 Å². The van der Waals surface area contributed by atoms with Gasteiger partial charge in [0.2, 0.25) is 5.91 Å². The molecule has 0 saturated carbocycles. The van der Waals surface area contributed by atoms with E-state index < -0.39 is 10.8 Å². The summed E-state index contributed by atoms with van der Waals surface area (Å²) in [5.41, 5.74) is 0. The highest BCUT2D eigenvalue weighted by Crippen LogP contribution is 2.32. The number of nitrogens with zero attached hydrogens (tertiary/aromatic N) is 1. The Morgan fingerprint density at radius 3 is 2.77 bits per heavy atom. The van der Waals surface area contributed by atoms with Gasteiger partial charge in [-0.1, -0.05) is 0 Å². The molecule has 3 aliphatic heterocycles. The first-order valence-corrected chi connectivity index (χ1v) is 10.3. The third-order valence-corrected chi connectivity index (χ3v) is 6.57. The fourth-order valence-electron chi connectivity index (χ4n) is 3.98. The van der Waals surface area contributed by atoms with Gasteiger partial charge in [0.1, 0.15) is 13.2 Å². The second kappa shape index (κ2) is 8.59. The number of amides is 1. The van der Waals surface area contributed by atoms with E-state index in [1.807, 2.05) is 0 Å². The van der Waals surface area contributed by atoms with Crippen molar-refractivity contribution in [2.75, 3.05) is 32.1 Å².